The van der Waals surface area contributed by atoms with Crippen LogP contribution in [0.5, 0.6) is 17.2 Å². The van der Waals surface area contributed by atoms with Gasteiger partial charge in [-0.15, -0.1) is 0 Å². The smallest absolute Gasteiger partial charge is 0.203 e. The van der Waals surface area contributed by atoms with E-state index in [0.717, 1.165) is 12.0 Å². The second-order valence-corrected chi connectivity index (χ2v) is 4.67. The largest absolute Gasteiger partial charge is 0.493 e. The van der Waals surface area contributed by atoms with Gasteiger partial charge in [0.1, 0.15) is 0 Å². The normalized spacial score (nSPS) is 13.7. The molecule has 5 nitrogen and oxygen atoms in total. The van der Waals surface area contributed by atoms with Crippen molar-refractivity contribution in [1.29, 1.82) is 0 Å². The summed E-state index contributed by atoms with van der Waals surface area (Å²) in [6, 6.07) is 3.86. The molecule has 0 spiro atoms. The van der Waals surface area contributed by atoms with E-state index in [1.165, 1.54) is 0 Å². The highest BCUT2D eigenvalue weighted by Gasteiger charge is 2.19. The van der Waals surface area contributed by atoms with Crippen molar-refractivity contribution in [1.82, 2.24) is 5.32 Å². The molecule has 114 valence electrons. The van der Waals surface area contributed by atoms with Crippen LogP contribution >= 0.6 is 0 Å². The minimum atomic E-state index is -0.168. The van der Waals surface area contributed by atoms with Gasteiger partial charge in [0.05, 0.1) is 34.0 Å². The van der Waals surface area contributed by atoms with Gasteiger partial charge in [0.2, 0.25) is 5.75 Å². The Hall–Kier alpha value is -1.46. The molecular formula is C15H25NO4. The molecule has 2 N–H and O–H groups in total. The number of aliphatic hydroxyl groups excluding tert-OH is 1. The maximum absolute atomic E-state index is 9.60. The molecule has 1 aromatic carbocycles. The molecule has 0 fully saturated rings. The zero-order valence-electron chi connectivity index (χ0n) is 12.9. The lowest BCUT2D eigenvalue weighted by Gasteiger charge is -2.23. The molecule has 0 bridgehead atoms. The van der Waals surface area contributed by atoms with Gasteiger partial charge >= 0.3 is 0 Å². The van der Waals surface area contributed by atoms with Crippen molar-refractivity contribution < 1.29 is 19.3 Å². The number of hydrogen-bond donors (Lipinski definition) is 2. The average Bonchev–Trinajstić information content (AvgIpc) is 2.50. The molecule has 0 saturated carbocycles. The van der Waals surface area contributed by atoms with Crippen molar-refractivity contribution in [2.45, 2.75) is 32.4 Å². The second-order valence-electron chi connectivity index (χ2n) is 4.67. The standard InChI is InChI=1S/C15H25NO4/c1-6-10(2)16-12(9-17)11-7-13(18-3)15(20-5)14(8-11)19-4/h7-8,10,12,16-17H,6,9H2,1-5H3. The van der Waals surface area contributed by atoms with Gasteiger partial charge in [-0.2, -0.15) is 0 Å². The van der Waals surface area contributed by atoms with Crippen molar-refractivity contribution in [3.05, 3.63) is 17.7 Å². The minimum absolute atomic E-state index is 0.00295. The first kappa shape index (κ1) is 16.6. The number of ether oxygens (including phenoxy) is 3. The van der Waals surface area contributed by atoms with Gasteiger partial charge in [0, 0.05) is 6.04 Å². The molecule has 0 aliphatic carbocycles. The predicted molar refractivity (Wildman–Crippen MR) is 78.8 cm³/mol. The van der Waals surface area contributed by atoms with E-state index in [0.29, 0.717) is 23.3 Å². The van der Waals surface area contributed by atoms with E-state index in [1.807, 2.05) is 12.1 Å². The summed E-state index contributed by atoms with van der Waals surface area (Å²) in [5.41, 5.74) is 0.905. The molecule has 1 rings (SSSR count). The Morgan fingerprint density at radius 2 is 1.65 bits per heavy atom. The Kier molecular flexibility index (Phi) is 6.61. The Morgan fingerprint density at radius 1 is 1.10 bits per heavy atom. The lowest BCUT2D eigenvalue weighted by Crippen LogP contribution is -2.32. The minimum Gasteiger partial charge on any atom is -0.493 e. The van der Waals surface area contributed by atoms with Gasteiger partial charge in [-0.3, -0.25) is 0 Å². The highest BCUT2D eigenvalue weighted by Crippen LogP contribution is 2.39. The van der Waals surface area contributed by atoms with Crippen molar-refractivity contribution in [3.63, 3.8) is 0 Å². The van der Waals surface area contributed by atoms with Gasteiger partial charge in [0.25, 0.3) is 0 Å². The van der Waals surface area contributed by atoms with E-state index < -0.39 is 0 Å². The highest BCUT2D eigenvalue weighted by atomic mass is 16.5. The van der Waals surface area contributed by atoms with Crippen LogP contribution in [0, 0.1) is 0 Å². The fourth-order valence-corrected chi connectivity index (χ4v) is 2.02. The van der Waals surface area contributed by atoms with Crippen LogP contribution in [0.15, 0.2) is 12.1 Å². The van der Waals surface area contributed by atoms with Crippen LogP contribution in [0.4, 0.5) is 0 Å². The molecule has 2 unspecified atom stereocenters. The van der Waals surface area contributed by atoms with E-state index in [1.54, 1.807) is 21.3 Å². The van der Waals surface area contributed by atoms with Crippen molar-refractivity contribution in [3.8, 4) is 17.2 Å². The fraction of sp³-hybridized carbons (Fsp3) is 0.600. The van der Waals surface area contributed by atoms with Crippen molar-refractivity contribution >= 4 is 0 Å². The Morgan fingerprint density at radius 3 is 2.00 bits per heavy atom. The summed E-state index contributed by atoms with van der Waals surface area (Å²) < 4.78 is 16.0. The van der Waals surface area contributed by atoms with Gasteiger partial charge in [-0.1, -0.05) is 6.92 Å². The van der Waals surface area contributed by atoms with Gasteiger partial charge in [-0.25, -0.2) is 0 Å². The number of nitrogens with one attached hydrogen (secondary N) is 1. The average molecular weight is 283 g/mol. The summed E-state index contributed by atoms with van der Waals surface area (Å²) >= 11 is 0. The molecular weight excluding hydrogens is 258 g/mol. The van der Waals surface area contributed by atoms with Gasteiger partial charge in [0.15, 0.2) is 11.5 Å². The molecule has 0 heterocycles. The zero-order valence-corrected chi connectivity index (χ0v) is 12.9. The lowest BCUT2D eigenvalue weighted by molar-refractivity contribution is 0.233. The van der Waals surface area contributed by atoms with Crippen LogP contribution in [-0.4, -0.2) is 39.1 Å². The molecule has 0 aliphatic rings. The number of rotatable bonds is 8. The van der Waals surface area contributed by atoms with E-state index >= 15 is 0 Å². The first-order valence-electron chi connectivity index (χ1n) is 6.78. The Labute approximate surface area is 120 Å². The summed E-state index contributed by atoms with van der Waals surface area (Å²) in [6.07, 6.45) is 0.987. The van der Waals surface area contributed by atoms with Crippen LogP contribution in [0.25, 0.3) is 0 Å². The first-order chi connectivity index (χ1) is 9.60. The third kappa shape index (κ3) is 3.77. The monoisotopic (exact) mass is 283 g/mol. The Bertz CT molecular complexity index is 397. The first-order valence-corrected chi connectivity index (χ1v) is 6.78. The van der Waals surface area contributed by atoms with Crippen molar-refractivity contribution in [2.75, 3.05) is 27.9 Å². The molecule has 0 aliphatic heterocycles. The maximum atomic E-state index is 9.60. The summed E-state index contributed by atoms with van der Waals surface area (Å²) in [4.78, 5) is 0. The third-order valence-corrected chi connectivity index (χ3v) is 3.37. The molecule has 0 saturated heterocycles. The van der Waals surface area contributed by atoms with Crippen LogP contribution in [0.2, 0.25) is 0 Å². The second kappa shape index (κ2) is 7.97. The van der Waals surface area contributed by atoms with Gasteiger partial charge in [-0.05, 0) is 31.0 Å². The summed E-state index contributed by atoms with van der Waals surface area (Å²) in [6.45, 7) is 4.19. The Balaban J connectivity index is 3.15. The van der Waals surface area contributed by atoms with E-state index in [4.69, 9.17) is 14.2 Å². The van der Waals surface area contributed by atoms with E-state index in [9.17, 15) is 5.11 Å². The number of methoxy groups -OCH3 is 3. The number of benzene rings is 1. The quantitative estimate of drug-likeness (QED) is 0.765. The van der Waals surface area contributed by atoms with Gasteiger partial charge < -0.3 is 24.6 Å². The molecule has 20 heavy (non-hydrogen) atoms. The predicted octanol–water partition coefficient (Wildman–Crippen LogP) is 2.13. The number of hydrogen-bond acceptors (Lipinski definition) is 5. The third-order valence-electron chi connectivity index (χ3n) is 3.37. The zero-order chi connectivity index (χ0) is 15.1. The molecule has 2 atom stereocenters. The highest BCUT2D eigenvalue weighted by molar-refractivity contribution is 5.54. The topological polar surface area (TPSA) is 60.0 Å². The maximum Gasteiger partial charge on any atom is 0.203 e. The summed E-state index contributed by atoms with van der Waals surface area (Å²) in [5, 5.41) is 13.0. The van der Waals surface area contributed by atoms with Crippen molar-refractivity contribution in [2.24, 2.45) is 0 Å². The molecule has 0 amide bonds. The fourth-order valence-electron chi connectivity index (χ4n) is 2.02. The number of aliphatic hydroxyl groups is 1. The van der Waals surface area contributed by atoms with E-state index in [-0.39, 0.29) is 12.6 Å². The summed E-state index contributed by atoms with van der Waals surface area (Å²) in [5.74, 6) is 1.73. The molecule has 1 aromatic rings. The van der Waals surface area contributed by atoms with Crippen LogP contribution in [-0.2, 0) is 0 Å². The lowest BCUT2D eigenvalue weighted by atomic mass is 10.0. The van der Waals surface area contributed by atoms with Crippen LogP contribution < -0.4 is 19.5 Å². The van der Waals surface area contributed by atoms with Crippen LogP contribution in [0.1, 0.15) is 31.9 Å². The molecule has 0 radical (unpaired) electrons. The van der Waals surface area contributed by atoms with E-state index in [2.05, 4.69) is 19.2 Å². The SMILES string of the molecule is CCC(C)NC(CO)c1cc(OC)c(OC)c(OC)c1. The molecule has 0 aromatic heterocycles. The molecule has 5 heteroatoms. The van der Waals surface area contributed by atoms with Crippen LogP contribution in [0.3, 0.4) is 0 Å². The summed E-state index contributed by atoms with van der Waals surface area (Å²) in [7, 11) is 4.73.